The molecule has 168 valence electrons. The highest BCUT2D eigenvalue weighted by atomic mass is 32.1. The van der Waals surface area contributed by atoms with Crippen LogP contribution in [0.3, 0.4) is 0 Å². The maximum Gasteiger partial charge on any atom is 0.294 e. The predicted molar refractivity (Wildman–Crippen MR) is 128 cm³/mol. The van der Waals surface area contributed by atoms with E-state index in [9.17, 15) is 14.4 Å². The highest BCUT2D eigenvalue weighted by Gasteiger charge is 2.18. The van der Waals surface area contributed by atoms with Crippen molar-refractivity contribution in [3.63, 3.8) is 0 Å². The topological polar surface area (TPSA) is 115 Å². The van der Waals surface area contributed by atoms with E-state index in [1.807, 2.05) is 31.2 Å². The van der Waals surface area contributed by atoms with Crippen molar-refractivity contribution in [3.05, 3.63) is 63.9 Å². The number of thiazole rings is 1. The maximum absolute atomic E-state index is 13.0. The van der Waals surface area contributed by atoms with Gasteiger partial charge in [-0.1, -0.05) is 18.2 Å². The fraction of sp³-hybridized carbons (Fsp3) is 0.174. The van der Waals surface area contributed by atoms with Crippen molar-refractivity contribution in [1.29, 1.82) is 0 Å². The van der Waals surface area contributed by atoms with Crippen molar-refractivity contribution in [1.82, 2.24) is 14.8 Å². The van der Waals surface area contributed by atoms with Gasteiger partial charge in [-0.05, 0) is 37.3 Å². The van der Waals surface area contributed by atoms with Gasteiger partial charge in [0, 0.05) is 23.9 Å². The van der Waals surface area contributed by atoms with Crippen LogP contribution in [0.25, 0.3) is 21.5 Å². The highest BCUT2D eigenvalue weighted by Crippen LogP contribution is 2.31. The average molecular weight is 464 g/mol. The number of carbonyl (C=O) groups excluding carboxylic acids is 2. The second-order valence-electron chi connectivity index (χ2n) is 7.26. The van der Waals surface area contributed by atoms with Gasteiger partial charge in [-0.25, -0.2) is 9.67 Å². The third kappa shape index (κ3) is 4.90. The Labute approximate surface area is 193 Å². The lowest BCUT2D eigenvalue weighted by molar-refractivity contribution is -0.117. The summed E-state index contributed by atoms with van der Waals surface area (Å²) < 4.78 is 7.09. The van der Waals surface area contributed by atoms with Crippen LogP contribution in [0, 0.1) is 6.92 Å². The molecule has 2 heterocycles. The summed E-state index contributed by atoms with van der Waals surface area (Å²) >= 11 is 1.38. The molecule has 0 saturated carbocycles. The predicted octanol–water partition coefficient (Wildman–Crippen LogP) is 3.43. The minimum atomic E-state index is -0.442. The van der Waals surface area contributed by atoms with Gasteiger partial charge < -0.3 is 15.4 Å². The Kier molecular flexibility index (Phi) is 6.18. The summed E-state index contributed by atoms with van der Waals surface area (Å²) in [6.45, 7) is 2.92. The van der Waals surface area contributed by atoms with E-state index in [2.05, 4.69) is 20.7 Å². The molecule has 0 saturated heterocycles. The fourth-order valence-electron chi connectivity index (χ4n) is 3.35. The lowest BCUT2D eigenvalue weighted by Crippen LogP contribution is -2.30. The number of benzene rings is 2. The summed E-state index contributed by atoms with van der Waals surface area (Å²) in [4.78, 5) is 41.4. The quantitative estimate of drug-likeness (QED) is 0.453. The van der Waals surface area contributed by atoms with Crippen molar-refractivity contribution < 1.29 is 14.3 Å². The number of aryl methyl sites for hydroxylation is 1. The van der Waals surface area contributed by atoms with Gasteiger partial charge in [0.25, 0.3) is 5.56 Å². The zero-order valence-corrected chi connectivity index (χ0v) is 19.0. The van der Waals surface area contributed by atoms with Crippen LogP contribution in [0.1, 0.15) is 11.9 Å². The first-order chi connectivity index (χ1) is 15.8. The van der Waals surface area contributed by atoms with Gasteiger partial charge >= 0.3 is 0 Å². The zero-order chi connectivity index (χ0) is 23.5. The van der Waals surface area contributed by atoms with E-state index < -0.39 is 11.5 Å². The van der Waals surface area contributed by atoms with Gasteiger partial charge in [-0.2, -0.15) is 5.10 Å². The molecule has 2 aromatic carbocycles. The third-order valence-corrected chi connectivity index (χ3v) is 5.69. The number of rotatable bonds is 6. The number of nitrogens with one attached hydrogen (secondary N) is 2. The molecule has 0 aliphatic rings. The summed E-state index contributed by atoms with van der Waals surface area (Å²) in [5.74, 6) is -0.00291. The van der Waals surface area contributed by atoms with Crippen molar-refractivity contribution in [2.45, 2.75) is 20.4 Å². The summed E-state index contributed by atoms with van der Waals surface area (Å²) in [6.07, 6.45) is 0. The van der Waals surface area contributed by atoms with E-state index in [1.165, 1.54) is 18.3 Å². The van der Waals surface area contributed by atoms with E-state index in [0.717, 1.165) is 15.3 Å². The van der Waals surface area contributed by atoms with Gasteiger partial charge in [0.15, 0.2) is 5.52 Å². The molecule has 4 aromatic rings. The van der Waals surface area contributed by atoms with Crippen molar-refractivity contribution in [2.24, 2.45) is 0 Å². The number of methoxy groups -OCH3 is 1. The number of aromatic nitrogens is 3. The number of fused-ring (bicyclic) bond motifs is 1. The Hall–Kier alpha value is -4.05. The van der Waals surface area contributed by atoms with Crippen LogP contribution in [-0.2, 0) is 16.1 Å². The lowest BCUT2D eigenvalue weighted by atomic mass is 10.1. The standard InChI is InChI=1S/C23H21N5O4S/c1-13(29)24-16-7-5-8-17(11-16)26-19(30)12-28-23(31)21-22(33-14(2)25-21)20(27-28)15-6-4-9-18(10-15)32-3/h4-11H,12H2,1-3H3,(H,24,29)(H,26,30). The van der Waals surface area contributed by atoms with Crippen LogP contribution >= 0.6 is 11.3 Å². The largest absolute Gasteiger partial charge is 0.497 e. The molecule has 0 unspecified atom stereocenters. The van der Waals surface area contributed by atoms with Crippen LogP contribution in [0.4, 0.5) is 11.4 Å². The Bertz CT molecular complexity index is 1430. The number of hydrogen-bond donors (Lipinski definition) is 2. The number of hydrogen-bond acceptors (Lipinski definition) is 7. The summed E-state index contributed by atoms with van der Waals surface area (Å²) in [5.41, 5.74) is 2.16. The zero-order valence-electron chi connectivity index (χ0n) is 18.2. The Morgan fingerprint density at radius 1 is 1.09 bits per heavy atom. The highest BCUT2D eigenvalue weighted by molar-refractivity contribution is 7.19. The molecule has 10 heteroatoms. The van der Waals surface area contributed by atoms with E-state index in [0.29, 0.717) is 27.5 Å². The first-order valence-electron chi connectivity index (χ1n) is 10.0. The minimum absolute atomic E-state index is 0.217. The molecule has 9 nitrogen and oxygen atoms in total. The second kappa shape index (κ2) is 9.21. The molecule has 2 amide bonds. The summed E-state index contributed by atoms with van der Waals surface area (Å²) in [6, 6.07) is 14.1. The molecule has 0 aliphatic carbocycles. The van der Waals surface area contributed by atoms with Crippen molar-refractivity contribution in [2.75, 3.05) is 17.7 Å². The van der Waals surface area contributed by atoms with Crippen LogP contribution in [0.2, 0.25) is 0 Å². The number of ether oxygens (including phenoxy) is 1. The second-order valence-corrected chi connectivity index (χ2v) is 8.47. The van der Waals surface area contributed by atoms with Crippen LogP contribution in [0.15, 0.2) is 53.3 Å². The summed E-state index contributed by atoms with van der Waals surface area (Å²) in [7, 11) is 1.57. The van der Waals surface area contributed by atoms with Gasteiger partial charge in [0.2, 0.25) is 11.8 Å². The molecule has 0 fully saturated rings. The molecule has 0 aliphatic heterocycles. The van der Waals surface area contributed by atoms with Gasteiger partial charge in [0.1, 0.15) is 18.0 Å². The van der Waals surface area contributed by atoms with E-state index in [1.54, 1.807) is 31.4 Å². The number of anilines is 2. The number of amides is 2. The molecular formula is C23H21N5O4S. The SMILES string of the molecule is COc1cccc(-c2nn(CC(=O)Nc3cccc(NC(C)=O)c3)c(=O)c3nc(C)sc23)c1. The van der Waals surface area contributed by atoms with Gasteiger partial charge in [0.05, 0.1) is 16.8 Å². The molecule has 0 atom stereocenters. The molecule has 0 radical (unpaired) electrons. The summed E-state index contributed by atoms with van der Waals surface area (Å²) in [5, 5.41) is 10.6. The van der Waals surface area contributed by atoms with Gasteiger partial charge in [-0.3, -0.25) is 14.4 Å². The number of carbonyl (C=O) groups is 2. The fourth-order valence-corrected chi connectivity index (χ4v) is 4.26. The molecule has 33 heavy (non-hydrogen) atoms. The monoisotopic (exact) mass is 463 g/mol. The van der Waals surface area contributed by atoms with Gasteiger partial charge in [-0.15, -0.1) is 11.3 Å². The maximum atomic E-state index is 13.0. The number of nitrogens with zero attached hydrogens (tertiary/aromatic N) is 3. The van der Waals surface area contributed by atoms with Crippen LogP contribution in [0.5, 0.6) is 5.75 Å². The van der Waals surface area contributed by atoms with E-state index >= 15 is 0 Å². The molecule has 0 bridgehead atoms. The van der Waals surface area contributed by atoms with Crippen molar-refractivity contribution >= 4 is 44.7 Å². The van der Waals surface area contributed by atoms with Crippen LogP contribution < -0.4 is 20.9 Å². The Morgan fingerprint density at radius 3 is 2.55 bits per heavy atom. The van der Waals surface area contributed by atoms with Crippen LogP contribution in [-0.4, -0.2) is 33.7 Å². The molecule has 2 N–H and O–H groups in total. The molecule has 0 spiro atoms. The Morgan fingerprint density at radius 2 is 1.82 bits per heavy atom. The molecule has 2 aromatic heterocycles. The molecular weight excluding hydrogens is 442 g/mol. The Balaban J connectivity index is 1.68. The lowest BCUT2D eigenvalue weighted by Gasteiger charge is -2.11. The first-order valence-corrected chi connectivity index (χ1v) is 10.9. The third-order valence-electron chi connectivity index (χ3n) is 4.71. The normalized spacial score (nSPS) is 10.8. The first kappa shape index (κ1) is 22.2. The minimum Gasteiger partial charge on any atom is -0.497 e. The smallest absolute Gasteiger partial charge is 0.294 e. The average Bonchev–Trinajstić information content (AvgIpc) is 3.17. The van der Waals surface area contributed by atoms with Crippen molar-refractivity contribution in [3.8, 4) is 17.0 Å². The van der Waals surface area contributed by atoms with E-state index in [-0.39, 0.29) is 18.0 Å². The van der Waals surface area contributed by atoms with E-state index in [4.69, 9.17) is 4.74 Å². The molecule has 4 rings (SSSR count).